The van der Waals surface area contributed by atoms with E-state index in [0.717, 1.165) is 0 Å². The molecule has 0 aromatic heterocycles. The molecule has 0 unspecified atom stereocenters. The van der Waals surface area contributed by atoms with Crippen molar-refractivity contribution in [2.75, 3.05) is 25.1 Å². The molecule has 0 aromatic rings. The lowest BCUT2D eigenvalue weighted by atomic mass is 9.99. The SMILES string of the molecule is CC[C@H](C)[C@H](N)C(=O)N[C@@H](CCSC)C(=O)N[C@@H](CC(N)=O)C(=O)N[C@@H](CCC(N)=O)C(=O)N[C@@H](CCC(=O)O)C(=O)N[C@@H](CCCCN)C(=O)N[C@@H](CC(C)C)C(=O)N[C@@H](C)C(=O)N[C@@H](CCCCN)C(=O)N[C@@H](CC(C)C)C(=O)O. The quantitative estimate of drug-likeness (QED) is 0.0269. The van der Waals surface area contributed by atoms with Gasteiger partial charge in [0.15, 0.2) is 0 Å². The third-order valence-electron chi connectivity index (χ3n) is 13.0. The Bertz CT molecular complexity index is 2140. The summed E-state index contributed by atoms with van der Waals surface area (Å²) in [5.41, 5.74) is 28.3. The summed E-state index contributed by atoms with van der Waals surface area (Å²) in [6.45, 7) is 12.4. The van der Waals surface area contributed by atoms with Crippen molar-refractivity contribution >= 4 is 88.7 Å². The summed E-state index contributed by atoms with van der Waals surface area (Å²) in [7, 11) is 0. The zero-order valence-corrected chi connectivity index (χ0v) is 49.5. The fourth-order valence-corrected chi connectivity index (χ4v) is 8.49. The standard InChI is InChI=1S/C52H94N14O15S/c1-9-29(6)42(57)51(79)63-35(20-23-82-8)48(76)65-37(26-40(56)68)50(78)62-33(16-18-39(55)67)46(74)61-34(17-19-41(69)70)47(75)60-32(15-11-13-22-54)44(72)64-36(24-27(2)3)49(77)58-30(7)43(71)59-31(14-10-12-21-53)45(73)66-38(52(80)81)25-28(4)5/h27-38,42H,9-26,53-54,57H2,1-8H3,(H2,55,67)(H2,56,68)(H,58,77)(H,59,71)(H,60,75)(H,61,74)(H,62,78)(H,63,79)(H,64,72)(H,65,76)(H,66,73)(H,69,70)(H,80,81)/t29-,30-,31-,32-,33-,34-,35-,36-,37-,38-,42-/m0/s1. The van der Waals surface area contributed by atoms with Gasteiger partial charge in [0.2, 0.25) is 65.0 Å². The van der Waals surface area contributed by atoms with Crippen molar-refractivity contribution in [1.82, 2.24) is 47.9 Å². The Morgan fingerprint density at radius 2 is 0.805 bits per heavy atom. The maximum Gasteiger partial charge on any atom is 0.326 e. The topological polar surface area (TPSA) is 501 Å². The van der Waals surface area contributed by atoms with Crippen LogP contribution in [-0.2, 0) is 62.3 Å². The number of unbranched alkanes of at least 4 members (excludes halogenated alkanes) is 2. The van der Waals surface area contributed by atoms with Crippen LogP contribution >= 0.6 is 11.8 Å². The molecule has 0 fully saturated rings. The molecule has 0 aliphatic rings. The first-order valence-corrected chi connectivity index (χ1v) is 29.2. The Hall–Kier alpha value is -6.66. The largest absolute Gasteiger partial charge is 0.481 e. The van der Waals surface area contributed by atoms with Crippen molar-refractivity contribution in [3.05, 3.63) is 0 Å². The number of nitrogens with one attached hydrogen (secondary N) is 9. The molecule has 0 spiro atoms. The van der Waals surface area contributed by atoms with Crippen molar-refractivity contribution in [3.8, 4) is 0 Å². The van der Waals surface area contributed by atoms with Crippen LogP contribution in [0, 0.1) is 17.8 Å². The molecular weight excluding hydrogens is 1090 g/mol. The summed E-state index contributed by atoms with van der Waals surface area (Å²) in [6, 6.07) is -14.0. The summed E-state index contributed by atoms with van der Waals surface area (Å²) in [5.74, 6) is -13.1. The molecule has 0 aromatic carbocycles. The fraction of sp³-hybridized carbons (Fsp3) is 0.750. The zero-order chi connectivity index (χ0) is 62.8. The molecule has 0 aliphatic carbocycles. The Morgan fingerprint density at radius 3 is 1.21 bits per heavy atom. The van der Waals surface area contributed by atoms with Gasteiger partial charge >= 0.3 is 11.9 Å². The molecule has 468 valence electrons. The van der Waals surface area contributed by atoms with Crippen LogP contribution in [0.15, 0.2) is 0 Å². The first-order chi connectivity index (χ1) is 38.4. The number of hydrogen-bond acceptors (Lipinski definition) is 17. The highest BCUT2D eigenvalue weighted by molar-refractivity contribution is 7.98. The number of carbonyl (C=O) groups is 13. The maximum atomic E-state index is 14.2. The molecule has 30 heteroatoms. The van der Waals surface area contributed by atoms with Gasteiger partial charge in [0.1, 0.15) is 54.4 Å². The molecule has 0 bridgehead atoms. The number of rotatable bonds is 44. The number of carboxylic acids is 2. The normalized spacial score (nSPS) is 15.2. The van der Waals surface area contributed by atoms with Gasteiger partial charge in [-0.15, -0.1) is 0 Å². The van der Waals surface area contributed by atoms with Gasteiger partial charge in [-0.05, 0) is 120 Å². The van der Waals surface area contributed by atoms with E-state index < -0.39 is 169 Å². The summed E-state index contributed by atoms with van der Waals surface area (Å²) in [6.07, 6.45) is 0.839. The number of thioether (sulfide) groups is 1. The van der Waals surface area contributed by atoms with Gasteiger partial charge in [-0.1, -0.05) is 48.0 Å². The van der Waals surface area contributed by atoms with Crippen LogP contribution in [-0.4, -0.2) is 173 Å². The second kappa shape index (κ2) is 40.5. The van der Waals surface area contributed by atoms with Gasteiger partial charge in [-0.2, -0.15) is 11.8 Å². The van der Waals surface area contributed by atoms with E-state index in [0.29, 0.717) is 31.4 Å². The Labute approximate surface area is 484 Å². The van der Waals surface area contributed by atoms with Gasteiger partial charge in [-0.25, -0.2) is 4.79 Å². The molecule has 82 heavy (non-hydrogen) atoms. The second-order valence-corrected chi connectivity index (χ2v) is 22.2. The first kappa shape index (κ1) is 75.3. The number of primary amides is 2. The summed E-state index contributed by atoms with van der Waals surface area (Å²) in [4.78, 5) is 172. The van der Waals surface area contributed by atoms with Crippen molar-refractivity contribution in [3.63, 3.8) is 0 Å². The first-order valence-electron chi connectivity index (χ1n) is 27.8. The van der Waals surface area contributed by atoms with Crippen molar-refractivity contribution in [2.24, 2.45) is 46.4 Å². The minimum absolute atomic E-state index is 0.00780. The number of aliphatic carboxylic acids is 2. The van der Waals surface area contributed by atoms with Crippen LogP contribution in [0.2, 0.25) is 0 Å². The highest BCUT2D eigenvalue weighted by Gasteiger charge is 2.36. The molecule has 11 atom stereocenters. The lowest BCUT2D eigenvalue weighted by molar-refractivity contribution is -0.143. The number of carbonyl (C=O) groups excluding carboxylic acids is 11. The Morgan fingerprint density at radius 1 is 0.439 bits per heavy atom. The molecule has 0 saturated heterocycles. The number of hydrogen-bond donors (Lipinski definition) is 16. The fourth-order valence-electron chi connectivity index (χ4n) is 8.02. The number of nitrogens with two attached hydrogens (primary N) is 5. The summed E-state index contributed by atoms with van der Waals surface area (Å²) < 4.78 is 0. The van der Waals surface area contributed by atoms with Crippen LogP contribution in [0.3, 0.4) is 0 Å². The second-order valence-electron chi connectivity index (χ2n) is 21.2. The summed E-state index contributed by atoms with van der Waals surface area (Å²) in [5, 5.41) is 41.7. The van der Waals surface area contributed by atoms with E-state index in [1.807, 2.05) is 6.92 Å². The molecule has 0 rings (SSSR count). The van der Waals surface area contributed by atoms with E-state index in [-0.39, 0.29) is 69.4 Å². The van der Waals surface area contributed by atoms with E-state index in [1.165, 1.54) is 18.7 Å². The van der Waals surface area contributed by atoms with Crippen molar-refractivity contribution in [1.29, 1.82) is 0 Å². The molecule has 0 saturated carbocycles. The molecule has 21 N–H and O–H groups in total. The lowest BCUT2D eigenvalue weighted by Gasteiger charge is -2.28. The smallest absolute Gasteiger partial charge is 0.326 e. The third kappa shape index (κ3) is 31.0. The van der Waals surface area contributed by atoms with Crippen molar-refractivity contribution in [2.45, 2.75) is 205 Å². The predicted molar refractivity (Wildman–Crippen MR) is 305 cm³/mol. The van der Waals surface area contributed by atoms with Gasteiger partial charge in [0, 0.05) is 12.8 Å². The minimum atomic E-state index is -1.76. The molecular formula is C52H94N14O15S. The maximum absolute atomic E-state index is 14.2. The van der Waals surface area contributed by atoms with Crippen LogP contribution < -0.4 is 76.5 Å². The predicted octanol–water partition coefficient (Wildman–Crippen LogP) is -3.06. The highest BCUT2D eigenvalue weighted by atomic mass is 32.2. The van der Waals surface area contributed by atoms with E-state index >= 15 is 0 Å². The molecule has 0 radical (unpaired) electrons. The number of amides is 11. The van der Waals surface area contributed by atoms with E-state index in [1.54, 1.807) is 40.9 Å². The summed E-state index contributed by atoms with van der Waals surface area (Å²) >= 11 is 1.35. The average molecular weight is 1190 g/mol. The van der Waals surface area contributed by atoms with Crippen molar-refractivity contribution < 1.29 is 72.5 Å². The minimum Gasteiger partial charge on any atom is -0.481 e. The average Bonchev–Trinajstić information content (AvgIpc) is 3.39. The molecule has 0 aliphatic heterocycles. The molecule has 0 heterocycles. The molecule has 29 nitrogen and oxygen atoms in total. The van der Waals surface area contributed by atoms with E-state index in [9.17, 15) is 72.5 Å². The van der Waals surface area contributed by atoms with Crippen LogP contribution in [0.4, 0.5) is 0 Å². The van der Waals surface area contributed by atoms with E-state index in [2.05, 4.69) is 47.9 Å². The monoisotopic (exact) mass is 1190 g/mol. The van der Waals surface area contributed by atoms with Crippen LogP contribution in [0.5, 0.6) is 0 Å². The Balaban J connectivity index is 6.82. The molecule has 11 amide bonds. The third-order valence-corrected chi connectivity index (χ3v) is 13.7. The zero-order valence-electron chi connectivity index (χ0n) is 48.7. The van der Waals surface area contributed by atoms with Gasteiger partial charge in [-0.3, -0.25) is 57.5 Å². The Kier molecular flexibility index (Phi) is 37.2. The van der Waals surface area contributed by atoms with Crippen LogP contribution in [0.25, 0.3) is 0 Å². The number of carboxylic acid groups (broad SMARTS) is 2. The van der Waals surface area contributed by atoms with Crippen LogP contribution in [0.1, 0.15) is 145 Å². The van der Waals surface area contributed by atoms with Gasteiger partial charge < -0.3 is 86.7 Å². The lowest BCUT2D eigenvalue weighted by Crippen LogP contribution is -2.60. The highest BCUT2D eigenvalue weighted by Crippen LogP contribution is 2.13. The van der Waals surface area contributed by atoms with Gasteiger partial charge in [0.05, 0.1) is 12.5 Å². The van der Waals surface area contributed by atoms with Gasteiger partial charge in [0.25, 0.3) is 0 Å². The van der Waals surface area contributed by atoms with E-state index in [4.69, 9.17) is 28.7 Å².